The summed E-state index contributed by atoms with van der Waals surface area (Å²) in [7, 11) is 0. The molecule has 0 spiro atoms. The second kappa shape index (κ2) is 18.6. The van der Waals surface area contributed by atoms with Gasteiger partial charge in [-0.15, -0.1) is 0 Å². The summed E-state index contributed by atoms with van der Waals surface area (Å²) in [4.78, 5) is 63.9. The lowest BCUT2D eigenvalue weighted by Gasteiger charge is -2.27. The van der Waals surface area contributed by atoms with Crippen molar-refractivity contribution in [2.75, 3.05) is 0 Å². The Morgan fingerprint density at radius 2 is 1.09 bits per heavy atom. The first-order chi connectivity index (χ1) is 26.7. The first-order valence-corrected chi connectivity index (χ1v) is 18.0. The zero-order valence-electron chi connectivity index (χ0n) is 31.9. The first kappa shape index (κ1) is 43.5. The maximum atomic E-state index is 13.3. The van der Waals surface area contributed by atoms with Gasteiger partial charge in [-0.25, -0.2) is 14.4 Å². The highest BCUT2D eigenvalue weighted by atomic mass is 16.6. The molecule has 6 atom stereocenters. The normalized spacial score (nSPS) is 16.2. The van der Waals surface area contributed by atoms with Crippen molar-refractivity contribution < 1.29 is 83.4 Å². The van der Waals surface area contributed by atoms with Crippen LogP contribution >= 0.6 is 0 Å². The molecule has 0 saturated heterocycles. The maximum absolute atomic E-state index is 13.3. The number of carbonyl (C=O) groups is 5. The first-order valence-electron chi connectivity index (χ1n) is 18.0. The molecule has 0 saturated carbocycles. The minimum Gasteiger partial charge on any atom is -0.508 e. The third kappa shape index (κ3) is 11.9. The van der Waals surface area contributed by atoms with Gasteiger partial charge in [0, 0.05) is 43.9 Å². The van der Waals surface area contributed by atoms with Crippen LogP contribution in [0.4, 0.5) is 0 Å². The molecule has 7 N–H and O–H groups in total. The minimum absolute atomic E-state index is 0.0192. The van der Waals surface area contributed by atoms with Crippen LogP contribution in [0.2, 0.25) is 0 Å². The number of esters is 5. The summed E-state index contributed by atoms with van der Waals surface area (Å²) in [6.45, 7) is 7.33. The summed E-state index contributed by atoms with van der Waals surface area (Å²) < 4.78 is 27.0. The Kier molecular flexibility index (Phi) is 14.2. The second-order valence-corrected chi connectivity index (χ2v) is 14.2. The van der Waals surface area contributed by atoms with Crippen LogP contribution < -0.4 is 0 Å². The number of benzene rings is 3. The summed E-state index contributed by atoms with van der Waals surface area (Å²) in [5.41, 5.74) is -0.217. The van der Waals surface area contributed by atoms with Gasteiger partial charge in [0.15, 0.2) is 0 Å². The number of aliphatic hydroxyl groups excluding tert-OH is 1. The predicted molar refractivity (Wildman–Crippen MR) is 196 cm³/mol. The monoisotopic (exact) mass is 798 g/mol. The highest BCUT2D eigenvalue weighted by molar-refractivity contribution is 5.96. The number of aromatic hydroxyl groups is 6. The molecular weight excluding hydrogens is 752 g/mol. The van der Waals surface area contributed by atoms with Gasteiger partial charge in [-0.05, 0) is 69.5 Å². The summed E-state index contributed by atoms with van der Waals surface area (Å²) in [6, 6.07) is 6.57. The molecule has 0 bridgehead atoms. The summed E-state index contributed by atoms with van der Waals surface area (Å²) in [5, 5.41) is 70.7. The molecule has 57 heavy (non-hydrogen) atoms. The van der Waals surface area contributed by atoms with Gasteiger partial charge < -0.3 is 59.4 Å². The molecular formula is C40H46O17. The molecule has 1 aliphatic rings. The number of hydrogen-bond acceptors (Lipinski definition) is 17. The molecule has 308 valence electrons. The Hall–Kier alpha value is -6.23. The lowest BCUT2D eigenvalue weighted by Crippen LogP contribution is -2.32. The molecule has 0 aliphatic carbocycles. The fourth-order valence-corrected chi connectivity index (χ4v) is 6.49. The van der Waals surface area contributed by atoms with Gasteiger partial charge in [0.1, 0.15) is 81.7 Å². The fourth-order valence-electron chi connectivity index (χ4n) is 6.49. The van der Waals surface area contributed by atoms with E-state index in [1.54, 1.807) is 0 Å². The van der Waals surface area contributed by atoms with Gasteiger partial charge in [-0.3, -0.25) is 9.59 Å². The number of cyclic esters (lactones) is 1. The highest BCUT2D eigenvalue weighted by Gasteiger charge is 2.32. The summed E-state index contributed by atoms with van der Waals surface area (Å²) in [5.74, 6) is -7.05. The Morgan fingerprint density at radius 3 is 1.60 bits per heavy atom. The number of ether oxygens (including phenoxy) is 5. The number of hydrogen-bond donors (Lipinski definition) is 7. The van der Waals surface area contributed by atoms with Crippen molar-refractivity contribution in [3.8, 4) is 34.5 Å². The van der Waals surface area contributed by atoms with Crippen molar-refractivity contribution in [2.45, 2.75) is 110 Å². The molecule has 1 unspecified atom stereocenters. The number of carbonyl (C=O) groups excluding carboxylic acids is 5. The number of rotatable bonds is 16. The van der Waals surface area contributed by atoms with Crippen LogP contribution in [0.3, 0.4) is 0 Å². The molecule has 1 aliphatic heterocycles. The number of phenols is 6. The van der Waals surface area contributed by atoms with Gasteiger partial charge in [-0.2, -0.15) is 0 Å². The molecule has 0 radical (unpaired) electrons. The van der Waals surface area contributed by atoms with Gasteiger partial charge in [0.2, 0.25) is 0 Å². The van der Waals surface area contributed by atoms with E-state index in [0.717, 1.165) is 18.2 Å². The number of phenolic OH excluding ortho intramolecular Hbond substituents is 6. The minimum atomic E-state index is -1.09. The van der Waals surface area contributed by atoms with Crippen LogP contribution in [-0.4, -0.2) is 102 Å². The van der Waals surface area contributed by atoms with Gasteiger partial charge >= 0.3 is 29.8 Å². The second-order valence-electron chi connectivity index (χ2n) is 14.2. The molecule has 1 heterocycles. The largest absolute Gasteiger partial charge is 0.508 e. The third-order valence-electron chi connectivity index (χ3n) is 8.69. The molecule has 0 aromatic heterocycles. The van der Waals surface area contributed by atoms with E-state index in [1.165, 1.54) is 52.8 Å². The molecule has 3 aromatic rings. The van der Waals surface area contributed by atoms with Gasteiger partial charge in [0.05, 0.1) is 18.9 Å². The van der Waals surface area contributed by atoms with Crippen LogP contribution in [0.1, 0.15) is 102 Å². The average molecular weight is 799 g/mol. The SMILES string of the molecule is C[C@H](Cc1cc(O)cc(O)c1C(=O)O[C@H](C)CC(=O)O[C@H](C)Cc1cc(O)cc(O)c1C(=O)O[C@H](C)CC1Cc2cc(O)cc(O)c2C(=O)O1)OC(=O)C[C@@H](C)O. The highest BCUT2D eigenvalue weighted by Crippen LogP contribution is 2.35. The molecule has 0 fully saturated rings. The molecule has 17 heteroatoms. The zero-order chi connectivity index (χ0) is 42.3. The smallest absolute Gasteiger partial charge is 0.342 e. The Bertz CT molecular complexity index is 2000. The lowest BCUT2D eigenvalue weighted by atomic mass is 9.95. The standard InChI is InChI=1S/C40H46O17/c1-18(41)6-33(48)53-19(2)7-23-11-26(42)16-31(46)36(23)39(51)56-22(5)10-34(49)54-20(3)8-24-12-27(43)15-30(45)35(24)38(50)55-21(4)9-29-14-25-13-28(44)17-32(47)37(25)40(52)57-29/h11-13,15-22,29,41-47H,6-10,14H2,1-5H3/t18-,19-,20-,21-,22-,29?/m1/s1. The Labute approximate surface area is 327 Å². The van der Waals surface area contributed by atoms with E-state index in [-0.39, 0.29) is 71.4 Å². The third-order valence-corrected chi connectivity index (χ3v) is 8.69. The molecule has 4 rings (SSSR count). The van der Waals surface area contributed by atoms with E-state index in [1.807, 2.05) is 0 Å². The van der Waals surface area contributed by atoms with Crippen molar-refractivity contribution in [1.29, 1.82) is 0 Å². The molecule has 3 aromatic carbocycles. The maximum Gasteiger partial charge on any atom is 0.342 e. The van der Waals surface area contributed by atoms with Crippen LogP contribution in [0.15, 0.2) is 36.4 Å². The van der Waals surface area contributed by atoms with E-state index in [4.69, 9.17) is 23.7 Å². The summed E-state index contributed by atoms with van der Waals surface area (Å²) in [6.07, 6.45) is -6.34. The van der Waals surface area contributed by atoms with E-state index < -0.39 is 95.9 Å². The van der Waals surface area contributed by atoms with Gasteiger partial charge in [0.25, 0.3) is 0 Å². The fraction of sp³-hybridized carbons (Fsp3) is 0.425. The molecule has 17 nitrogen and oxygen atoms in total. The van der Waals surface area contributed by atoms with Gasteiger partial charge in [-0.1, -0.05) is 0 Å². The van der Waals surface area contributed by atoms with Crippen molar-refractivity contribution >= 4 is 29.8 Å². The van der Waals surface area contributed by atoms with E-state index >= 15 is 0 Å². The van der Waals surface area contributed by atoms with Crippen LogP contribution in [-0.2, 0) is 52.5 Å². The van der Waals surface area contributed by atoms with Crippen molar-refractivity contribution in [3.63, 3.8) is 0 Å². The average Bonchev–Trinajstić information content (AvgIpc) is 3.02. The predicted octanol–water partition coefficient (Wildman–Crippen LogP) is 3.99. The topological polar surface area (TPSA) is 273 Å². The van der Waals surface area contributed by atoms with Crippen molar-refractivity contribution in [2.24, 2.45) is 0 Å². The summed E-state index contributed by atoms with van der Waals surface area (Å²) >= 11 is 0. The van der Waals surface area contributed by atoms with Crippen LogP contribution in [0, 0.1) is 0 Å². The van der Waals surface area contributed by atoms with E-state index in [9.17, 15) is 59.7 Å². The van der Waals surface area contributed by atoms with Crippen molar-refractivity contribution in [1.82, 2.24) is 0 Å². The van der Waals surface area contributed by atoms with Crippen LogP contribution in [0.25, 0.3) is 0 Å². The van der Waals surface area contributed by atoms with Crippen molar-refractivity contribution in [3.05, 3.63) is 69.8 Å². The van der Waals surface area contributed by atoms with E-state index in [0.29, 0.717) is 5.56 Å². The quantitative estimate of drug-likeness (QED) is 0.0797. The Balaban J connectivity index is 1.35. The lowest BCUT2D eigenvalue weighted by molar-refractivity contribution is -0.151. The van der Waals surface area contributed by atoms with Crippen LogP contribution in [0.5, 0.6) is 34.5 Å². The zero-order valence-corrected chi connectivity index (χ0v) is 31.9. The molecule has 0 amide bonds. The van der Waals surface area contributed by atoms with E-state index in [2.05, 4.69) is 0 Å². The Morgan fingerprint density at radius 1 is 0.632 bits per heavy atom. The number of aliphatic hydroxyl groups is 1. The number of fused-ring (bicyclic) bond motifs is 1.